The number of alkyl halides is 3. The first-order valence-corrected chi connectivity index (χ1v) is 8.28. The summed E-state index contributed by atoms with van der Waals surface area (Å²) in [6.07, 6.45) is -2.82. The summed E-state index contributed by atoms with van der Waals surface area (Å²) in [6.45, 7) is 0. The number of rotatable bonds is 2. The van der Waals surface area contributed by atoms with Crippen LogP contribution in [0.15, 0.2) is 58.4 Å². The maximum absolute atomic E-state index is 12.8. The number of likely N-dealkylation sites (N-methyl/N-ethyl adjacent to an activating group) is 1. The summed E-state index contributed by atoms with van der Waals surface area (Å²) in [5.74, 6) is -0.185. The molecule has 26 heavy (non-hydrogen) atoms. The van der Waals surface area contributed by atoms with Crippen molar-refractivity contribution in [1.82, 2.24) is 4.90 Å². The average Bonchev–Trinajstić information content (AvgIpc) is 2.84. The van der Waals surface area contributed by atoms with Crippen LogP contribution in [0.1, 0.15) is 11.1 Å². The molecule has 0 unspecified atom stereocenters. The molecule has 1 aliphatic heterocycles. The van der Waals surface area contributed by atoms with Crippen LogP contribution in [-0.2, 0) is 11.0 Å². The van der Waals surface area contributed by atoms with Crippen LogP contribution >= 0.6 is 11.8 Å². The molecule has 1 fully saturated rings. The van der Waals surface area contributed by atoms with Gasteiger partial charge in [-0.1, -0.05) is 18.2 Å². The first kappa shape index (κ1) is 18.1. The van der Waals surface area contributed by atoms with Crippen molar-refractivity contribution in [1.29, 1.82) is 0 Å². The maximum Gasteiger partial charge on any atom is 0.416 e. The predicted molar refractivity (Wildman–Crippen MR) is 95.0 cm³/mol. The number of aliphatic imine (C=N–C) groups is 1. The normalized spacial score (nSPS) is 18.2. The number of carbonyl (C=O) groups is 1. The molecular formula is C18H13F3N2O2S. The number of halogens is 3. The van der Waals surface area contributed by atoms with Gasteiger partial charge in [0.05, 0.1) is 16.2 Å². The Balaban J connectivity index is 1.89. The minimum absolute atomic E-state index is 0.112. The highest BCUT2D eigenvalue weighted by Gasteiger charge is 2.32. The highest BCUT2D eigenvalue weighted by atomic mass is 32.2. The third-order valence-electron chi connectivity index (χ3n) is 3.59. The lowest BCUT2D eigenvalue weighted by Crippen LogP contribution is -2.23. The SMILES string of the molecule is CN1C(=O)/C(=C/c2ccc(O)cc2)SC1=Nc1cccc(C(F)(F)F)c1. The van der Waals surface area contributed by atoms with Crippen molar-refractivity contribution in [3.05, 3.63) is 64.6 Å². The van der Waals surface area contributed by atoms with Gasteiger partial charge in [0, 0.05) is 7.05 Å². The lowest BCUT2D eigenvalue weighted by Gasteiger charge is -2.09. The number of phenolic OH excluding ortho intramolecular Hbond substituents is 1. The number of phenols is 1. The Morgan fingerprint density at radius 1 is 1.15 bits per heavy atom. The molecule has 2 aromatic rings. The van der Waals surface area contributed by atoms with Crippen LogP contribution in [0.2, 0.25) is 0 Å². The van der Waals surface area contributed by atoms with Gasteiger partial charge in [0.1, 0.15) is 5.75 Å². The molecule has 134 valence electrons. The largest absolute Gasteiger partial charge is 0.508 e. The van der Waals surface area contributed by atoms with Crippen LogP contribution in [0.3, 0.4) is 0 Å². The van der Waals surface area contributed by atoms with Crippen molar-refractivity contribution in [2.45, 2.75) is 6.18 Å². The number of hydrogen-bond acceptors (Lipinski definition) is 4. The Kier molecular flexibility index (Phi) is 4.78. The highest BCUT2D eigenvalue weighted by Crippen LogP contribution is 2.35. The minimum Gasteiger partial charge on any atom is -0.508 e. The predicted octanol–water partition coefficient (Wildman–Crippen LogP) is 4.64. The highest BCUT2D eigenvalue weighted by molar-refractivity contribution is 8.18. The molecule has 2 aromatic carbocycles. The van der Waals surface area contributed by atoms with Crippen molar-refractivity contribution >= 4 is 34.6 Å². The zero-order valence-electron chi connectivity index (χ0n) is 13.5. The summed E-state index contributed by atoms with van der Waals surface area (Å²) in [5, 5.41) is 9.59. The zero-order chi connectivity index (χ0) is 18.9. The van der Waals surface area contributed by atoms with Crippen molar-refractivity contribution in [2.75, 3.05) is 7.05 Å². The lowest BCUT2D eigenvalue weighted by atomic mass is 10.2. The second-order valence-corrected chi connectivity index (χ2v) is 6.52. The van der Waals surface area contributed by atoms with E-state index in [0.717, 1.165) is 23.9 Å². The van der Waals surface area contributed by atoms with Crippen LogP contribution in [-0.4, -0.2) is 28.1 Å². The van der Waals surface area contributed by atoms with E-state index in [2.05, 4.69) is 4.99 Å². The minimum atomic E-state index is -4.45. The van der Waals surface area contributed by atoms with Crippen LogP contribution in [0.4, 0.5) is 18.9 Å². The van der Waals surface area contributed by atoms with E-state index in [1.165, 1.54) is 36.2 Å². The first-order chi connectivity index (χ1) is 12.2. The fraction of sp³-hybridized carbons (Fsp3) is 0.111. The van der Waals surface area contributed by atoms with Gasteiger partial charge in [-0.15, -0.1) is 0 Å². The topological polar surface area (TPSA) is 52.9 Å². The number of amidine groups is 1. The summed E-state index contributed by atoms with van der Waals surface area (Å²) in [5.41, 5.74) is 0.0383. The summed E-state index contributed by atoms with van der Waals surface area (Å²) in [7, 11) is 1.51. The number of hydrogen-bond donors (Lipinski definition) is 1. The molecule has 1 heterocycles. The number of amides is 1. The van der Waals surface area contributed by atoms with E-state index in [0.29, 0.717) is 15.6 Å². The van der Waals surface area contributed by atoms with E-state index < -0.39 is 11.7 Å². The average molecular weight is 378 g/mol. The molecule has 4 nitrogen and oxygen atoms in total. The molecule has 0 saturated carbocycles. The Bertz CT molecular complexity index is 905. The van der Waals surface area contributed by atoms with Gasteiger partial charge in [-0.05, 0) is 53.7 Å². The van der Waals surface area contributed by atoms with Gasteiger partial charge in [0.15, 0.2) is 5.17 Å². The number of carbonyl (C=O) groups excluding carboxylic acids is 1. The molecule has 0 aromatic heterocycles. The van der Waals surface area contributed by atoms with Gasteiger partial charge >= 0.3 is 6.18 Å². The molecule has 0 spiro atoms. The maximum atomic E-state index is 12.8. The molecule has 1 amide bonds. The van der Waals surface area contributed by atoms with Crippen molar-refractivity contribution < 1.29 is 23.1 Å². The number of benzene rings is 2. The monoisotopic (exact) mass is 378 g/mol. The van der Waals surface area contributed by atoms with Gasteiger partial charge in [-0.25, -0.2) is 4.99 Å². The Morgan fingerprint density at radius 2 is 1.85 bits per heavy atom. The summed E-state index contributed by atoms with van der Waals surface area (Å²) < 4.78 is 38.4. The van der Waals surface area contributed by atoms with Crippen molar-refractivity contribution in [2.24, 2.45) is 4.99 Å². The molecule has 0 bridgehead atoms. The quantitative estimate of drug-likeness (QED) is 0.775. The fourth-order valence-electron chi connectivity index (χ4n) is 2.24. The summed E-state index contributed by atoms with van der Waals surface area (Å²) in [6, 6.07) is 10.9. The Hall–Kier alpha value is -2.74. The molecule has 0 radical (unpaired) electrons. The molecule has 8 heteroatoms. The number of thioether (sulfide) groups is 1. The molecule has 1 saturated heterocycles. The van der Waals surface area contributed by atoms with Gasteiger partial charge in [0.2, 0.25) is 0 Å². The lowest BCUT2D eigenvalue weighted by molar-refractivity contribution is -0.137. The summed E-state index contributed by atoms with van der Waals surface area (Å²) >= 11 is 1.08. The van der Waals surface area contributed by atoms with E-state index in [-0.39, 0.29) is 17.3 Å². The van der Waals surface area contributed by atoms with Gasteiger partial charge in [-0.2, -0.15) is 13.2 Å². The van der Waals surface area contributed by atoms with Crippen LogP contribution < -0.4 is 0 Å². The molecule has 3 rings (SSSR count). The third-order valence-corrected chi connectivity index (χ3v) is 4.65. The van der Waals surface area contributed by atoms with E-state index in [4.69, 9.17) is 0 Å². The molecule has 1 N–H and O–H groups in total. The second-order valence-electron chi connectivity index (χ2n) is 5.51. The van der Waals surface area contributed by atoms with Crippen molar-refractivity contribution in [3.63, 3.8) is 0 Å². The Morgan fingerprint density at radius 3 is 2.50 bits per heavy atom. The summed E-state index contributed by atoms with van der Waals surface area (Å²) in [4.78, 5) is 18.2. The van der Waals surface area contributed by atoms with E-state index >= 15 is 0 Å². The molecule has 0 atom stereocenters. The van der Waals surface area contributed by atoms with Crippen LogP contribution in [0.25, 0.3) is 6.08 Å². The van der Waals surface area contributed by atoms with Crippen LogP contribution in [0, 0.1) is 0 Å². The molecular weight excluding hydrogens is 365 g/mol. The number of nitrogens with zero attached hydrogens (tertiary/aromatic N) is 2. The van der Waals surface area contributed by atoms with E-state index in [9.17, 15) is 23.1 Å². The van der Waals surface area contributed by atoms with Gasteiger partial charge in [-0.3, -0.25) is 9.69 Å². The first-order valence-electron chi connectivity index (χ1n) is 7.46. The second kappa shape index (κ2) is 6.87. The van der Waals surface area contributed by atoms with Crippen molar-refractivity contribution in [3.8, 4) is 5.75 Å². The zero-order valence-corrected chi connectivity index (χ0v) is 14.3. The Labute approximate surface area is 151 Å². The van der Waals surface area contributed by atoms with Crippen LogP contribution in [0.5, 0.6) is 5.75 Å². The van der Waals surface area contributed by atoms with Gasteiger partial charge in [0.25, 0.3) is 5.91 Å². The smallest absolute Gasteiger partial charge is 0.416 e. The number of aromatic hydroxyl groups is 1. The molecule has 1 aliphatic rings. The van der Waals surface area contributed by atoms with E-state index in [1.807, 2.05) is 0 Å². The fourth-order valence-corrected chi connectivity index (χ4v) is 3.22. The third kappa shape index (κ3) is 3.91. The molecule has 0 aliphatic carbocycles. The van der Waals surface area contributed by atoms with Gasteiger partial charge < -0.3 is 5.11 Å². The standard InChI is InChI=1S/C18H13F3N2O2S/c1-23-16(25)15(9-11-5-7-14(24)8-6-11)26-17(23)22-13-4-2-3-12(10-13)18(19,20)21/h2-10,24H,1H3/b15-9-,22-17?. The van der Waals surface area contributed by atoms with E-state index in [1.54, 1.807) is 18.2 Å².